The number of ether oxygens (including phenoxy) is 2. The molecule has 3 heterocycles. The zero-order chi connectivity index (χ0) is 36.3. The van der Waals surface area contributed by atoms with Crippen LogP contribution in [0.3, 0.4) is 0 Å². The van der Waals surface area contributed by atoms with Crippen molar-refractivity contribution in [3.8, 4) is 11.5 Å². The van der Waals surface area contributed by atoms with Gasteiger partial charge >= 0.3 is 6.18 Å². The number of sulfonamides is 1. The Hall–Kier alpha value is -4.57. The molecule has 1 aliphatic heterocycles. The molecule has 1 aliphatic rings. The third-order valence-electron chi connectivity index (χ3n) is 8.97. The van der Waals surface area contributed by atoms with Crippen LogP contribution in [0.15, 0.2) is 72.0 Å². The minimum absolute atomic E-state index is 0.122. The second-order valence-electron chi connectivity index (χ2n) is 12.2. The zero-order valence-electron chi connectivity index (χ0n) is 27.9. The lowest BCUT2D eigenvalue weighted by molar-refractivity contribution is -0.141. The van der Waals surface area contributed by atoms with E-state index in [4.69, 9.17) is 9.47 Å². The summed E-state index contributed by atoms with van der Waals surface area (Å²) < 4.78 is 111. The number of likely N-dealkylation sites (N-methyl/N-ethyl adjacent to an activating group) is 1. The number of aryl methyl sites for hydroxylation is 1. The van der Waals surface area contributed by atoms with Gasteiger partial charge < -0.3 is 19.3 Å². The van der Waals surface area contributed by atoms with Crippen LogP contribution in [0.25, 0.3) is 0 Å². The Morgan fingerprint density at radius 3 is 2.36 bits per heavy atom. The molecule has 50 heavy (non-hydrogen) atoms. The maximum absolute atomic E-state index is 16.0. The number of pyridine rings is 1. The van der Waals surface area contributed by atoms with E-state index in [1.807, 2.05) is 19.0 Å². The first-order chi connectivity index (χ1) is 23.7. The number of nitrogens with zero attached hydrogens (tertiary/aromatic N) is 6. The second kappa shape index (κ2) is 14.7. The lowest BCUT2D eigenvalue weighted by Gasteiger charge is -2.48. The van der Waals surface area contributed by atoms with Gasteiger partial charge in [0.2, 0.25) is 0 Å². The summed E-state index contributed by atoms with van der Waals surface area (Å²) in [6, 6.07) is 11.8. The molecule has 5 rings (SSSR count). The van der Waals surface area contributed by atoms with Crippen molar-refractivity contribution < 1.29 is 39.8 Å². The van der Waals surface area contributed by atoms with E-state index in [-0.39, 0.29) is 42.5 Å². The number of piperidine rings is 1. The fourth-order valence-electron chi connectivity index (χ4n) is 6.21. The summed E-state index contributed by atoms with van der Waals surface area (Å²) in [6.45, 7) is 0.326. The van der Waals surface area contributed by atoms with Crippen LogP contribution in [0.1, 0.15) is 36.2 Å². The van der Waals surface area contributed by atoms with Crippen LogP contribution < -0.4 is 18.7 Å². The van der Waals surface area contributed by atoms with Gasteiger partial charge in [-0.25, -0.2) is 36.5 Å². The average Bonchev–Trinajstić information content (AvgIpc) is 3.09. The summed E-state index contributed by atoms with van der Waals surface area (Å²) in [5.41, 5.74) is -0.756. The number of hydrogen-bond donors (Lipinski definition) is 0. The number of benzene rings is 2. The Balaban J connectivity index is 1.45. The molecule has 1 saturated heterocycles. The highest BCUT2D eigenvalue weighted by Gasteiger charge is 2.39. The summed E-state index contributed by atoms with van der Waals surface area (Å²) in [5, 5.41) is 0. The van der Waals surface area contributed by atoms with Crippen LogP contribution in [0.4, 0.5) is 33.5 Å². The van der Waals surface area contributed by atoms with E-state index in [0.717, 1.165) is 28.8 Å². The van der Waals surface area contributed by atoms with Gasteiger partial charge in [-0.2, -0.15) is 13.2 Å². The van der Waals surface area contributed by atoms with E-state index < -0.39 is 44.0 Å². The lowest BCUT2D eigenvalue weighted by Crippen LogP contribution is -2.56. The second-order valence-corrected chi connectivity index (χ2v) is 14.0. The highest BCUT2D eigenvalue weighted by atomic mass is 32.2. The first kappa shape index (κ1) is 36.7. The smallest absolute Gasteiger partial charge is 0.433 e. The number of methoxy groups -OCH3 is 2. The standard InChI is InChI=1S/C34H37F5N6O4S/c1-43(2)33(14-11-24-7-5-8-30(42-24)34(37,38)39)13-6-16-44(21-33)25-17-27(35)32(28(36)18-25)50(46,47)45(31-12-15-40-22-41-31)20-23-9-10-26(48-3)19-29(23)49-4/h5,7-10,12,15,17-19,22H,6,11,13-14,16,20-21H2,1-4H3/t33-/m1/s1. The molecule has 0 bridgehead atoms. The maximum Gasteiger partial charge on any atom is 0.433 e. The molecule has 0 saturated carbocycles. The Labute approximate surface area is 287 Å². The van der Waals surface area contributed by atoms with Crippen molar-refractivity contribution in [1.29, 1.82) is 0 Å². The van der Waals surface area contributed by atoms with Crippen molar-refractivity contribution in [2.45, 2.75) is 48.8 Å². The predicted molar refractivity (Wildman–Crippen MR) is 177 cm³/mol. The number of hydrogen-bond acceptors (Lipinski definition) is 9. The van der Waals surface area contributed by atoms with Crippen LogP contribution in [0.2, 0.25) is 0 Å². The third-order valence-corrected chi connectivity index (χ3v) is 10.8. The molecule has 0 spiro atoms. The minimum atomic E-state index is -4.90. The summed E-state index contributed by atoms with van der Waals surface area (Å²) in [4.78, 5) is 14.2. The SMILES string of the molecule is COc1ccc(CN(c2ccncn2)S(=O)(=O)c2c(F)cc(N3CCC[C@](CCc4cccc(C(F)(F)F)n4)(N(C)C)C3)cc2F)c(OC)c1. The van der Waals surface area contributed by atoms with Crippen molar-refractivity contribution in [3.63, 3.8) is 0 Å². The molecule has 268 valence electrons. The molecule has 1 atom stereocenters. The Morgan fingerprint density at radius 1 is 1.00 bits per heavy atom. The van der Waals surface area contributed by atoms with Gasteiger partial charge in [0.05, 0.1) is 20.8 Å². The fourth-order valence-corrected chi connectivity index (χ4v) is 7.70. The molecule has 4 aromatic rings. The number of halogens is 5. The normalized spacial score (nSPS) is 16.8. The maximum atomic E-state index is 16.0. The van der Waals surface area contributed by atoms with Crippen LogP contribution in [-0.2, 0) is 29.2 Å². The van der Waals surface area contributed by atoms with E-state index in [9.17, 15) is 21.6 Å². The quantitative estimate of drug-likeness (QED) is 0.161. The van der Waals surface area contributed by atoms with Crippen LogP contribution in [0.5, 0.6) is 11.5 Å². The van der Waals surface area contributed by atoms with Crippen LogP contribution in [-0.4, -0.2) is 75.2 Å². The fraction of sp³-hybridized carbons (Fsp3) is 0.382. The molecular weight excluding hydrogens is 683 g/mol. The van der Waals surface area contributed by atoms with Gasteiger partial charge in [-0.1, -0.05) is 6.07 Å². The highest BCUT2D eigenvalue weighted by molar-refractivity contribution is 7.92. The van der Waals surface area contributed by atoms with Gasteiger partial charge in [0.25, 0.3) is 10.0 Å². The minimum Gasteiger partial charge on any atom is -0.497 e. The molecule has 0 unspecified atom stereocenters. The molecular formula is C34H37F5N6O4S. The number of aromatic nitrogens is 3. The topological polar surface area (TPSA) is 101 Å². The van der Waals surface area contributed by atoms with Gasteiger partial charge in [-0.05, 0) is 76.2 Å². The first-order valence-corrected chi connectivity index (χ1v) is 17.1. The lowest BCUT2D eigenvalue weighted by atomic mass is 9.82. The molecule has 0 aliphatic carbocycles. The van der Waals surface area contributed by atoms with E-state index in [1.165, 1.54) is 32.5 Å². The van der Waals surface area contributed by atoms with E-state index in [2.05, 4.69) is 15.0 Å². The number of alkyl halides is 3. The van der Waals surface area contributed by atoms with E-state index in [1.54, 1.807) is 29.2 Å². The van der Waals surface area contributed by atoms with E-state index >= 15 is 8.78 Å². The van der Waals surface area contributed by atoms with Gasteiger partial charge in [0.1, 0.15) is 41.0 Å². The third kappa shape index (κ3) is 7.75. The van der Waals surface area contributed by atoms with Crippen LogP contribution >= 0.6 is 0 Å². The van der Waals surface area contributed by atoms with E-state index in [0.29, 0.717) is 37.1 Å². The van der Waals surface area contributed by atoms with Gasteiger partial charge in [0.15, 0.2) is 4.90 Å². The number of rotatable bonds is 12. The van der Waals surface area contributed by atoms with Crippen molar-refractivity contribution in [2.75, 3.05) is 50.6 Å². The van der Waals surface area contributed by atoms with Crippen molar-refractivity contribution in [3.05, 3.63) is 95.7 Å². The summed E-state index contributed by atoms with van der Waals surface area (Å²) in [7, 11) is 1.65. The van der Waals surface area contributed by atoms with Gasteiger partial charge in [0, 0.05) is 53.9 Å². The van der Waals surface area contributed by atoms with Gasteiger partial charge in [-0.3, -0.25) is 0 Å². The Kier molecular flexibility index (Phi) is 10.8. The predicted octanol–water partition coefficient (Wildman–Crippen LogP) is 6.11. The monoisotopic (exact) mass is 720 g/mol. The summed E-state index contributed by atoms with van der Waals surface area (Å²) in [6.07, 6.45) is -0.187. The van der Waals surface area contributed by atoms with Crippen molar-refractivity contribution >= 4 is 21.5 Å². The molecule has 0 radical (unpaired) electrons. The highest BCUT2D eigenvalue weighted by Crippen LogP contribution is 2.37. The number of anilines is 2. The molecule has 1 fully saturated rings. The first-order valence-electron chi connectivity index (χ1n) is 15.6. The zero-order valence-corrected chi connectivity index (χ0v) is 28.7. The molecule has 0 N–H and O–H groups in total. The molecule has 0 amide bonds. The van der Waals surface area contributed by atoms with Crippen LogP contribution in [0, 0.1) is 11.6 Å². The molecule has 16 heteroatoms. The molecule has 10 nitrogen and oxygen atoms in total. The van der Waals surface area contributed by atoms with Crippen molar-refractivity contribution in [1.82, 2.24) is 19.9 Å². The Bertz CT molecular complexity index is 1890. The molecule has 2 aromatic carbocycles. The summed E-state index contributed by atoms with van der Waals surface area (Å²) >= 11 is 0. The molecule has 2 aromatic heterocycles. The van der Waals surface area contributed by atoms with Gasteiger partial charge in [-0.15, -0.1) is 0 Å². The Morgan fingerprint density at radius 2 is 1.74 bits per heavy atom. The average molecular weight is 721 g/mol. The summed E-state index contributed by atoms with van der Waals surface area (Å²) in [5.74, 6) is -1.97. The largest absolute Gasteiger partial charge is 0.497 e. The van der Waals surface area contributed by atoms with Crippen molar-refractivity contribution in [2.24, 2.45) is 0 Å².